The molecule has 0 saturated heterocycles. The Labute approximate surface area is 110 Å². The maximum Gasteiger partial charge on any atom is 0.0606 e. The molecule has 2 N–H and O–H groups in total. The zero-order valence-corrected chi connectivity index (χ0v) is 11.4. The number of anilines is 1. The zero-order chi connectivity index (χ0) is 13.0. The summed E-state index contributed by atoms with van der Waals surface area (Å²) in [4.78, 5) is 2.36. The number of benzene rings is 1. The number of nitrogens with one attached hydrogen (secondary N) is 1. The van der Waals surface area contributed by atoms with Crippen LogP contribution in [0.5, 0.6) is 0 Å². The van der Waals surface area contributed by atoms with Gasteiger partial charge in [-0.3, -0.25) is 0 Å². The van der Waals surface area contributed by atoms with E-state index in [1.165, 1.54) is 24.1 Å². The predicted octanol–water partition coefficient (Wildman–Crippen LogP) is 2.32. The Kier molecular flexibility index (Phi) is 4.61. The molecule has 0 spiro atoms. The molecule has 1 saturated carbocycles. The first kappa shape index (κ1) is 13.4. The van der Waals surface area contributed by atoms with Crippen molar-refractivity contribution >= 4 is 5.69 Å². The third kappa shape index (κ3) is 3.03. The van der Waals surface area contributed by atoms with Gasteiger partial charge in [0, 0.05) is 24.3 Å². The minimum Gasteiger partial charge on any atom is -0.395 e. The van der Waals surface area contributed by atoms with E-state index >= 15 is 0 Å². The second-order valence-corrected chi connectivity index (χ2v) is 4.99. The SMILES string of the molecule is CCNC(C)c1ccccc1N(CCO)C1CC1. The van der Waals surface area contributed by atoms with E-state index in [0.29, 0.717) is 12.1 Å². The van der Waals surface area contributed by atoms with E-state index in [0.717, 1.165) is 13.1 Å². The lowest BCUT2D eigenvalue weighted by Gasteiger charge is -2.28. The van der Waals surface area contributed by atoms with Gasteiger partial charge in [-0.25, -0.2) is 0 Å². The highest BCUT2D eigenvalue weighted by atomic mass is 16.3. The van der Waals surface area contributed by atoms with Crippen molar-refractivity contribution in [2.75, 3.05) is 24.6 Å². The van der Waals surface area contributed by atoms with E-state index < -0.39 is 0 Å². The Morgan fingerprint density at radius 2 is 2.11 bits per heavy atom. The van der Waals surface area contributed by atoms with Crippen molar-refractivity contribution in [2.45, 2.75) is 38.8 Å². The molecule has 0 bridgehead atoms. The number of hydrogen-bond acceptors (Lipinski definition) is 3. The summed E-state index contributed by atoms with van der Waals surface area (Å²) in [6.07, 6.45) is 2.51. The molecule has 3 heteroatoms. The summed E-state index contributed by atoms with van der Waals surface area (Å²) >= 11 is 0. The highest BCUT2D eigenvalue weighted by Gasteiger charge is 2.30. The average Bonchev–Trinajstić information content (AvgIpc) is 3.20. The fourth-order valence-corrected chi connectivity index (χ4v) is 2.53. The third-order valence-electron chi connectivity index (χ3n) is 3.55. The number of rotatable bonds is 7. The van der Waals surface area contributed by atoms with E-state index in [9.17, 15) is 5.11 Å². The Morgan fingerprint density at radius 3 is 2.72 bits per heavy atom. The topological polar surface area (TPSA) is 35.5 Å². The van der Waals surface area contributed by atoms with Crippen molar-refractivity contribution in [3.63, 3.8) is 0 Å². The molecule has 1 aliphatic rings. The summed E-state index contributed by atoms with van der Waals surface area (Å²) in [6.45, 7) is 6.26. The Balaban J connectivity index is 2.24. The molecule has 0 amide bonds. The fourth-order valence-electron chi connectivity index (χ4n) is 2.53. The van der Waals surface area contributed by atoms with Gasteiger partial charge < -0.3 is 15.3 Å². The Hall–Kier alpha value is -1.06. The first-order valence-electron chi connectivity index (χ1n) is 6.97. The molecule has 3 nitrogen and oxygen atoms in total. The van der Waals surface area contributed by atoms with Gasteiger partial charge in [0.05, 0.1) is 6.61 Å². The van der Waals surface area contributed by atoms with Crippen molar-refractivity contribution in [1.82, 2.24) is 5.32 Å². The quantitative estimate of drug-likeness (QED) is 0.777. The second kappa shape index (κ2) is 6.21. The number of nitrogens with zero attached hydrogens (tertiary/aromatic N) is 1. The molecule has 1 aromatic rings. The maximum atomic E-state index is 9.25. The van der Waals surface area contributed by atoms with Gasteiger partial charge in [-0.05, 0) is 37.9 Å². The largest absolute Gasteiger partial charge is 0.395 e. The molecule has 1 aromatic carbocycles. The average molecular weight is 248 g/mol. The maximum absolute atomic E-state index is 9.25. The van der Waals surface area contributed by atoms with Gasteiger partial charge in [0.15, 0.2) is 0 Å². The first-order valence-corrected chi connectivity index (χ1v) is 6.97. The van der Waals surface area contributed by atoms with Crippen LogP contribution in [-0.4, -0.2) is 30.8 Å². The van der Waals surface area contributed by atoms with Crippen LogP contribution in [0.2, 0.25) is 0 Å². The third-order valence-corrected chi connectivity index (χ3v) is 3.55. The van der Waals surface area contributed by atoms with E-state index in [1.54, 1.807) is 0 Å². The number of para-hydroxylation sites is 1. The predicted molar refractivity (Wildman–Crippen MR) is 76.0 cm³/mol. The van der Waals surface area contributed by atoms with Crippen LogP contribution >= 0.6 is 0 Å². The van der Waals surface area contributed by atoms with E-state index in [-0.39, 0.29) is 6.61 Å². The molecule has 0 aliphatic heterocycles. The summed E-state index contributed by atoms with van der Waals surface area (Å²) in [5.74, 6) is 0. The Bertz CT molecular complexity index is 377. The number of aliphatic hydroxyl groups is 1. The van der Waals surface area contributed by atoms with Gasteiger partial charge in [-0.15, -0.1) is 0 Å². The van der Waals surface area contributed by atoms with Crippen molar-refractivity contribution in [1.29, 1.82) is 0 Å². The normalized spacial score (nSPS) is 16.6. The zero-order valence-electron chi connectivity index (χ0n) is 11.4. The number of hydrogen-bond donors (Lipinski definition) is 2. The summed E-state index contributed by atoms with van der Waals surface area (Å²) in [6, 6.07) is 9.53. The summed E-state index contributed by atoms with van der Waals surface area (Å²) < 4.78 is 0. The minimum atomic E-state index is 0.223. The van der Waals surface area contributed by atoms with Crippen molar-refractivity contribution in [3.05, 3.63) is 29.8 Å². The van der Waals surface area contributed by atoms with Gasteiger partial charge in [-0.2, -0.15) is 0 Å². The van der Waals surface area contributed by atoms with Crippen molar-refractivity contribution in [2.24, 2.45) is 0 Å². The van der Waals surface area contributed by atoms with Crippen LogP contribution < -0.4 is 10.2 Å². The van der Waals surface area contributed by atoms with Crippen LogP contribution in [0.25, 0.3) is 0 Å². The molecule has 1 unspecified atom stereocenters. The molecular weight excluding hydrogens is 224 g/mol. The molecular formula is C15H24N2O. The Morgan fingerprint density at radius 1 is 1.39 bits per heavy atom. The van der Waals surface area contributed by atoms with Gasteiger partial charge in [0.1, 0.15) is 0 Å². The smallest absolute Gasteiger partial charge is 0.0606 e. The van der Waals surface area contributed by atoms with Crippen LogP contribution in [0.1, 0.15) is 38.3 Å². The monoisotopic (exact) mass is 248 g/mol. The second-order valence-electron chi connectivity index (χ2n) is 4.99. The standard InChI is InChI=1S/C15H24N2O/c1-3-16-12(2)14-6-4-5-7-15(14)17(10-11-18)13-8-9-13/h4-7,12-13,16,18H,3,8-11H2,1-2H3. The summed E-state index contributed by atoms with van der Waals surface area (Å²) in [5, 5.41) is 12.7. The highest BCUT2D eigenvalue weighted by Crippen LogP contribution is 2.35. The van der Waals surface area contributed by atoms with Gasteiger partial charge >= 0.3 is 0 Å². The van der Waals surface area contributed by atoms with Crippen LogP contribution in [0, 0.1) is 0 Å². The molecule has 1 atom stereocenters. The lowest BCUT2D eigenvalue weighted by atomic mass is 10.0. The molecule has 2 rings (SSSR count). The molecule has 1 aliphatic carbocycles. The van der Waals surface area contributed by atoms with Crippen molar-refractivity contribution < 1.29 is 5.11 Å². The number of aliphatic hydroxyl groups excluding tert-OH is 1. The van der Waals surface area contributed by atoms with Crippen LogP contribution in [0.4, 0.5) is 5.69 Å². The molecule has 100 valence electrons. The lowest BCUT2D eigenvalue weighted by Crippen LogP contribution is -2.31. The van der Waals surface area contributed by atoms with Crippen LogP contribution in [0.3, 0.4) is 0 Å². The van der Waals surface area contributed by atoms with Crippen molar-refractivity contribution in [3.8, 4) is 0 Å². The van der Waals surface area contributed by atoms with Gasteiger partial charge in [0.2, 0.25) is 0 Å². The summed E-state index contributed by atoms with van der Waals surface area (Å²) in [5.41, 5.74) is 2.61. The van der Waals surface area contributed by atoms with Crippen LogP contribution in [-0.2, 0) is 0 Å². The molecule has 18 heavy (non-hydrogen) atoms. The van der Waals surface area contributed by atoms with Gasteiger partial charge in [0.25, 0.3) is 0 Å². The summed E-state index contributed by atoms with van der Waals surface area (Å²) in [7, 11) is 0. The molecule has 1 fully saturated rings. The molecule has 0 heterocycles. The van der Waals surface area contributed by atoms with Gasteiger partial charge in [-0.1, -0.05) is 25.1 Å². The van der Waals surface area contributed by atoms with E-state index in [1.807, 2.05) is 0 Å². The minimum absolute atomic E-state index is 0.223. The van der Waals surface area contributed by atoms with E-state index in [2.05, 4.69) is 48.3 Å². The highest BCUT2D eigenvalue weighted by molar-refractivity contribution is 5.56. The first-order chi connectivity index (χ1) is 8.77. The van der Waals surface area contributed by atoms with E-state index in [4.69, 9.17) is 0 Å². The molecule has 0 radical (unpaired) electrons. The van der Waals surface area contributed by atoms with Crippen LogP contribution in [0.15, 0.2) is 24.3 Å². The lowest BCUT2D eigenvalue weighted by molar-refractivity contribution is 0.301. The fraction of sp³-hybridized carbons (Fsp3) is 0.600. The molecule has 0 aromatic heterocycles.